The van der Waals surface area contributed by atoms with Crippen LogP contribution in [0.2, 0.25) is 0 Å². The number of aromatic nitrogens is 4. The van der Waals surface area contributed by atoms with E-state index in [1.165, 1.54) is 12.0 Å². The Hall–Kier alpha value is -5.54. The first-order valence-electron chi connectivity index (χ1n) is 17.5. The average molecular weight is 661 g/mol. The molecule has 2 saturated heterocycles. The lowest BCUT2D eigenvalue weighted by molar-refractivity contribution is -0.0369. The molecule has 2 aliphatic rings. The fraction of sp³-hybridized carbons (Fsp3) is 0.286. The zero-order chi connectivity index (χ0) is 34.1. The number of ether oxygens (including phenoxy) is 2. The van der Waals surface area contributed by atoms with E-state index in [1.54, 1.807) is 0 Å². The van der Waals surface area contributed by atoms with Crippen LogP contribution in [-0.4, -0.2) is 32.8 Å². The minimum atomic E-state index is -0.0249. The van der Waals surface area contributed by atoms with Crippen LogP contribution in [0.25, 0.3) is 34.0 Å². The molecule has 2 aromatic heterocycles. The first-order valence-corrected chi connectivity index (χ1v) is 17.5. The molecule has 0 amide bonds. The van der Waals surface area contributed by atoms with E-state index in [1.807, 2.05) is 82.2 Å². The molecule has 0 aliphatic carbocycles. The molecule has 2 aliphatic heterocycles. The molecule has 0 spiro atoms. The molecule has 0 bridgehead atoms. The maximum atomic E-state index is 9.25. The van der Waals surface area contributed by atoms with Gasteiger partial charge in [-0.25, -0.2) is 9.36 Å². The van der Waals surface area contributed by atoms with Crippen molar-refractivity contribution in [3.05, 3.63) is 131 Å². The summed E-state index contributed by atoms with van der Waals surface area (Å²) in [5.41, 5.74) is 7.73. The fourth-order valence-electron chi connectivity index (χ4n) is 6.74. The summed E-state index contributed by atoms with van der Waals surface area (Å²) in [4.78, 5) is 0. The highest BCUT2D eigenvalue weighted by molar-refractivity contribution is 5.91. The van der Waals surface area contributed by atoms with Crippen molar-refractivity contribution in [1.29, 1.82) is 10.5 Å². The molecular formula is C42H40N6O2. The lowest BCUT2D eigenvalue weighted by Gasteiger charge is -2.23. The minimum Gasteiger partial charge on any atom is -0.356 e. The topological polar surface area (TPSA) is 102 Å². The summed E-state index contributed by atoms with van der Waals surface area (Å²) in [5, 5.41) is 30.2. The van der Waals surface area contributed by atoms with Crippen LogP contribution in [0.3, 0.4) is 0 Å². The first kappa shape index (κ1) is 33.0. The molecule has 8 rings (SSSR count). The zero-order valence-corrected chi connectivity index (χ0v) is 28.1. The van der Waals surface area contributed by atoms with Gasteiger partial charge in [0, 0.05) is 24.0 Å². The second-order valence-corrected chi connectivity index (χ2v) is 12.8. The minimum absolute atomic E-state index is 0.00895. The molecule has 2 atom stereocenters. The van der Waals surface area contributed by atoms with E-state index in [4.69, 9.17) is 19.7 Å². The van der Waals surface area contributed by atoms with Gasteiger partial charge in [0.2, 0.25) is 0 Å². The van der Waals surface area contributed by atoms with Gasteiger partial charge >= 0.3 is 0 Å². The quantitative estimate of drug-likeness (QED) is 0.169. The lowest BCUT2D eigenvalue weighted by atomic mass is 10.0. The van der Waals surface area contributed by atoms with E-state index in [-0.39, 0.29) is 12.5 Å². The van der Waals surface area contributed by atoms with Crippen LogP contribution in [0.4, 0.5) is 0 Å². The summed E-state index contributed by atoms with van der Waals surface area (Å²) in [7, 11) is 0. The summed E-state index contributed by atoms with van der Waals surface area (Å²) in [6, 6.07) is 36.6. The number of hydrogen-bond donors (Lipinski definition) is 0. The smallest absolute Gasteiger partial charge is 0.150 e. The number of fused-ring (bicyclic) bond motifs is 2. The Balaban J connectivity index is 0.000000157. The Bertz CT molecular complexity index is 2160. The zero-order valence-electron chi connectivity index (χ0n) is 28.1. The molecule has 50 heavy (non-hydrogen) atoms. The molecule has 250 valence electrons. The molecule has 0 N–H and O–H groups in total. The van der Waals surface area contributed by atoms with E-state index in [0.29, 0.717) is 11.1 Å². The monoisotopic (exact) mass is 660 g/mol. The van der Waals surface area contributed by atoms with Gasteiger partial charge in [-0.3, -0.25) is 0 Å². The van der Waals surface area contributed by atoms with Crippen LogP contribution in [0.1, 0.15) is 84.6 Å². The number of nitriles is 2. The van der Waals surface area contributed by atoms with Gasteiger partial charge in [-0.2, -0.15) is 20.7 Å². The summed E-state index contributed by atoms with van der Waals surface area (Å²) in [5.74, 6) is 0. The molecule has 8 heteroatoms. The van der Waals surface area contributed by atoms with Crippen molar-refractivity contribution < 1.29 is 9.47 Å². The maximum absolute atomic E-state index is 9.25. The molecule has 0 saturated carbocycles. The summed E-state index contributed by atoms with van der Waals surface area (Å²) in [6.07, 6.45) is 12.4. The molecule has 2 unspecified atom stereocenters. The largest absolute Gasteiger partial charge is 0.356 e. The van der Waals surface area contributed by atoms with Gasteiger partial charge in [-0.05, 0) is 105 Å². The van der Waals surface area contributed by atoms with E-state index >= 15 is 0 Å². The summed E-state index contributed by atoms with van der Waals surface area (Å²) < 4.78 is 15.9. The Labute approximate surface area is 292 Å². The highest BCUT2D eigenvalue weighted by atomic mass is 16.5. The number of rotatable bonds is 7. The van der Waals surface area contributed by atoms with Crippen molar-refractivity contribution in [1.82, 2.24) is 19.6 Å². The summed E-state index contributed by atoms with van der Waals surface area (Å²) in [6.45, 7) is 1.57. The normalized spacial score (nSPS) is 17.6. The van der Waals surface area contributed by atoms with Gasteiger partial charge in [0.15, 0.2) is 12.5 Å². The maximum Gasteiger partial charge on any atom is 0.150 e. The predicted molar refractivity (Wildman–Crippen MR) is 196 cm³/mol. The predicted octanol–water partition coefficient (Wildman–Crippen LogP) is 9.17. The fourth-order valence-corrected chi connectivity index (χ4v) is 6.74. The third-order valence-electron chi connectivity index (χ3n) is 9.36. The van der Waals surface area contributed by atoms with Crippen molar-refractivity contribution >= 4 is 34.0 Å². The first-order chi connectivity index (χ1) is 24.7. The third kappa shape index (κ3) is 7.53. The van der Waals surface area contributed by atoms with Crippen LogP contribution in [-0.2, 0) is 22.3 Å². The standard InChI is InChI=1S/C21H21N3O.C21H19N3O/c2*22-15-17-10-12-20-18(14-17)19(11-9-16-6-2-1-3-7-16)23-24(20)21-8-4-5-13-25-21/h1-3,6-7,10,12,14,21H,4-5,8-9,11,13H2;1-3,6-7,9-12,14,21H,4-5,8,13H2. The van der Waals surface area contributed by atoms with Crippen LogP contribution >= 0.6 is 0 Å². The second-order valence-electron chi connectivity index (χ2n) is 12.8. The number of hydrogen-bond acceptors (Lipinski definition) is 6. The molecule has 4 aromatic carbocycles. The Morgan fingerprint density at radius 2 is 1.22 bits per heavy atom. The Kier molecular flexibility index (Phi) is 10.4. The Morgan fingerprint density at radius 1 is 0.640 bits per heavy atom. The van der Waals surface area contributed by atoms with Gasteiger partial charge in [-0.15, -0.1) is 0 Å². The van der Waals surface area contributed by atoms with Crippen molar-refractivity contribution in [3.63, 3.8) is 0 Å². The third-order valence-corrected chi connectivity index (χ3v) is 9.36. The second kappa shape index (κ2) is 15.8. The molecule has 2 fully saturated rings. The van der Waals surface area contributed by atoms with Gasteiger partial charge in [0.25, 0.3) is 0 Å². The van der Waals surface area contributed by atoms with E-state index in [0.717, 1.165) is 96.9 Å². The van der Waals surface area contributed by atoms with E-state index < -0.39 is 0 Å². The van der Waals surface area contributed by atoms with Crippen LogP contribution < -0.4 is 0 Å². The lowest BCUT2D eigenvalue weighted by Crippen LogP contribution is -2.19. The SMILES string of the molecule is N#Cc1ccc2c(c1)c(C=Cc1ccccc1)nn2C1CCCCO1.N#Cc1ccc2c(c1)c(CCc1ccccc1)nn2C1CCCCO1. The van der Waals surface area contributed by atoms with Crippen molar-refractivity contribution in [2.24, 2.45) is 0 Å². The van der Waals surface area contributed by atoms with Crippen molar-refractivity contribution in [3.8, 4) is 12.1 Å². The van der Waals surface area contributed by atoms with Gasteiger partial charge in [0.1, 0.15) is 0 Å². The van der Waals surface area contributed by atoms with E-state index in [2.05, 4.69) is 48.5 Å². The average Bonchev–Trinajstić information content (AvgIpc) is 3.75. The number of nitrogens with zero attached hydrogens (tertiary/aromatic N) is 6. The number of aryl methyl sites for hydroxylation is 2. The van der Waals surface area contributed by atoms with Crippen molar-refractivity contribution in [2.75, 3.05) is 13.2 Å². The molecule has 8 nitrogen and oxygen atoms in total. The van der Waals surface area contributed by atoms with Crippen molar-refractivity contribution in [2.45, 2.75) is 63.8 Å². The number of benzene rings is 4. The summed E-state index contributed by atoms with van der Waals surface area (Å²) >= 11 is 0. The van der Waals surface area contributed by atoms with Gasteiger partial charge in [-0.1, -0.05) is 66.7 Å². The van der Waals surface area contributed by atoms with Crippen LogP contribution in [0.15, 0.2) is 97.1 Å². The van der Waals surface area contributed by atoms with Gasteiger partial charge in [0.05, 0.1) is 45.7 Å². The van der Waals surface area contributed by atoms with E-state index in [9.17, 15) is 10.5 Å². The Morgan fingerprint density at radius 3 is 1.82 bits per heavy atom. The molecule has 4 heterocycles. The van der Waals surface area contributed by atoms with Gasteiger partial charge < -0.3 is 9.47 Å². The highest BCUT2D eigenvalue weighted by Crippen LogP contribution is 2.31. The molecular weight excluding hydrogens is 621 g/mol. The van der Waals surface area contributed by atoms with Crippen LogP contribution in [0.5, 0.6) is 0 Å². The van der Waals surface area contributed by atoms with Crippen LogP contribution in [0, 0.1) is 22.7 Å². The molecule has 0 radical (unpaired) electrons. The highest BCUT2D eigenvalue weighted by Gasteiger charge is 2.22. The molecule has 6 aromatic rings.